The van der Waals surface area contributed by atoms with E-state index in [1.165, 1.54) is 18.1 Å². The lowest BCUT2D eigenvalue weighted by Crippen LogP contribution is -2.18. The van der Waals surface area contributed by atoms with Crippen LogP contribution in [0.1, 0.15) is 5.82 Å². The van der Waals surface area contributed by atoms with Gasteiger partial charge in [0.05, 0.1) is 17.6 Å². The van der Waals surface area contributed by atoms with E-state index in [-0.39, 0.29) is 11.3 Å². The number of nitrogens with zero attached hydrogens (tertiary/aromatic N) is 7. The molecule has 2 aromatic carbocycles. The summed E-state index contributed by atoms with van der Waals surface area (Å²) in [7, 11) is 0. The van der Waals surface area contributed by atoms with Crippen LogP contribution in [-0.2, 0) is 5.75 Å². The number of para-hydroxylation sites is 1. The lowest BCUT2D eigenvalue weighted by atomic mass is 10.2. The summed E-state index contributed by atoms with van der Waals surface area (Å²) in [5.41, 5.74) is 3.22. The van der Waals surface area contributed by atoms with E-state index >= 15 is 0 Å². The van der Waals surface area contributed by atoms with E-state index in [4.69, 9.17) is 4.98 Å². The van der Waals surface area contributed by atoms with Crippen LogP contribution < -0.4 is 5.56 Å². The summed E-state index contributed by atoms with van der Waals surface area (Å²) in [6.07, 6.45) is 3.08. The van der Waals surface area contributed by atoms with Gasteiger partial charge in [-0.1, -0.05) is 54.2 Å². The number of fused-ring (bicyclic) bond motifs is 4. The summed E-state index contributed by atoms with van der Waals surface area (Å²) in [5.74, 6) is 1.11. The van der Waals surface area contributed by atoms with Crippen LogP contribution in [0.4, 0.5) is 0 Å². The van der Waals surface area contributed by atoms with Crippen LogP contribution in [0.3, 0.4) is 0 Å². The fourth-order valence-corrected chi connectivity index (χ4v) is 4.41. The molecule has 1 N–H and O–H groups in total. The zero-order valence-electron chi connectivity index (χ0n) is 16.5. The van der Waals surface area contributed by atoms with Gasteiger partial charge < -0.3 is 4.98 Å². The summed E-state index contributed by atoms with van der Waals surface area (Å²) >= 11 is 1.49. The number of H-pyrrole nitrogens is 1. The molecule has 0 amide bonds. The lowest BCUT2D eigenvalue weighted by Gasteiger charge is -2.11. The highest BCUT2D eigenvalue weighted by Crippen LogP contribution is 2.26. The Morgan fingerprint density at radius 2 is 1.78 bits per heavy atom. The molecule has 6 rings (SSSR count). The SMILES string of the molecule is O=c1nc2c3ccccc3nc(CSc3ncnc4nc[nH]c34)n2nc1-c1ccccc1. The van der Waals surface area contributed by atoms with E-state index in [0.29, 0.717) is 28.4 Å². The van der Waals surface area contributed by atoms with Crippen molar-refractivity contribution in [2.75, 3.05) is 0 Å². The second-order valence-corrected chi connectivity index (χ2v) is 7.94. The molecule has 0 aliphatic carbocycles. The zero-order valence-corrected chi connectivity index (χ0v) is 17.3. The number of nitrogens with one attached hydrogen (secondary N) is 1. The first-order chi connectivity index (χ1) is 15.8. The van der Waals surface area contributed by atoms with E-state index in [1.54, 1.807) is 10.8 Å². The molecule has 10 heteroatoms. The Labute approximate surface area is 184 Å². The number of hydrogen-bond acceptors (Lipinski definition) is 8. The molecule has 0 aliphatic rings. The summed E-state index contributed by atoms with van der Waals surface area (Å²) in [4.78, 5) is 37.8. The van der Waals surface area contributed by atoms with Crippen molar-refractivity contribution in [3.63, 3.8) is 0 Å². The third-order valence-corrected chi connectivity index (χ3v) is 6.01. The summed E-state index contributed by atoms with van der Waals surface area (Å²) in [6, 6.07) is 16.9. The van der Waals surface area contributed by atoms with Crippen molar-refractivity contribution >= 4 is 39.5 Å². The average Bonchev–Trinajstić information content (AvgIpc) is 3.32. The molecule has 0 unspecified atom stereocenters. The fraction of sp³-hybridized carbons (Fsp3) is 0.0455. The van der Waals surface area contributed by atoms with Gasteiger partial charge in [0.15, 0.2) is 17.0 Å². The minimum Gasteiger partial charge on any atom is -0.341 e. The largest absolute Gasteiger partial charge is 0.341 e. The van der Waals surface area contributed by atoms with Crippen molar-refractivity contribution in [1.29, 1.82) is 0 Å². The van der Waals surface area contributed by atoms with Gasteiger partial charge in [-0.3, -0.25) is 4.79 Å². The quantitative estimate of drug-likeness (QED) is 0.253. The number of imidazole rings is 1. The van der Waals surface area contributed by atoms with Crippen LogP contribution in [0.2, 0.25) is 0 Å². The van der Waals surface area contributed by atoms with Gasteiger partial charge in [-0.15, -0.1) is 0 Å². The normalized spacial score (nSPS) is 11.5. The predicted molar refractivity (Wildman–Crippen MR) is 121 cm³/mol. The maximum atomic E-state index is 12.8. The highest BCUT2D eigenvalue weighted by molar-refractivity contribution is 7.98. The van der Waals surface area contributed by atoms with Crippen LogP contribution in [0.5, 0.6) is 0 Å². The first kappa shape index (κ1) is 18.6. The van der Waals surface area contributed by atoms with Crippen molar-refractivity contribution in [2.24, 2.45) is 0 Å². The van der Waals surface area contributed by atoms with E-state index in [2.05, 4.69) is 30.0 Å². The molecule has 32 heavy (non-hydrogen) atoms. The number of thioether (sulfide) groups is 1. The van der Waals surface area contributed by atoms with Gasteiger partial charge in [0.2, 0.25) is 0 Å². The van der Waals surface area contributed by atoms with Gasteiger partial charge in [0.1, 0.15) is 22.7 Å². The van der Waals surface area contributed by atoms with Gasteiger partial charge >= 0.3 is 0 Å². The van der Waals surface area contributed by atoms with Crippen LogP contribution in [0.15, 0.2) is 77.1 Å². The molecular weight excluding hydrogens is 424 g/mol. The van der Waals surface area contributed by atoms with Gasteiger partial charge in [-0.25, -0.2) is 19.9 Å². The molecule has 0 radical (unpaired) electrons. The van der Waals surface area contributed by atoms with Crippen molar-refractivity contribution in [3.8, 4) is 11.3 Å². The van der Waals surface area contributed by atoms with Gasteiger partial charge in [0.25, 0.3) is 5.56 Å². The third-order valence-electron chi connectivity index (χ3n) is 5.02. The standard InChI is InChI=1S/C22H14N8OS/c31-21-17(13-6-2-1-3-7-13)29-30-16(27-15-9-5-4-8-14(15)20(30)28-21)10-32-22-18-19(24-11-23-18)25-12-26-22/h1-9,11-12H,10H2,(H,23,24,25,26). The Bertz CT molecular complexity index is 1660. The second-order valence-electron chi connectivity index (χ2n) is 6.98. The highest BCUT2D eigenvalue weighted by atomic mass is 32.2. The maximum Gasteiger partial charge on any atom is 0.300 e. The average molecular weight is 438 g/mol. The fourth-order valence-electron chi connectivity index (χ4n) is 3.54. The van der Waals surface area contributed by atoms with Crippen molar-refractivity contribution in [1.82, 2.24) is 39.5 Å². The molecule has 9 nitrogen and oxygen atoms in total. The number of benzene rings is 2. The molecule has 154 valence electrons. The summed E-state index contributed by atoms with van der Waals surface area (Å²) < 4.78 is 1.66. The molecule has 6 aromatic rings. The topological polar surface area (TPSA) is 115 Å². The molecule has 0 atom stereocenters. The van der Waals surface area contributed by atoms with Crippen LogP contribution in [0.25, 0.3) is 39.0 Å². The Balaban J connectivity index is 1.53. The van der Waals surface area contributed by atoms with Gasteiger partial charge in [-0.05, 0) is 12.1 Å². The molecule has 0 bridgehead atoms. The van der Waals surface area contributed by atoms with E-state index in [0.717, 1.165) is 21.4 Å². The Morgan fingerprint density at radius 3 is 2.69 bits per heavy atom. The Kier molecular flexibility index (Phi) is 4.36. The van der Waals surface area contributed by atoms with Crippen molar-refractivity contribution in [3.05, 3.63) is 83.4 Å². The molecule has 0 saturated carbocycles. The van der Waals surface area contributed by atoms with Crippen molar-refractivity contribution < 1.29 is 0 Å². The van der Waals surface area contributed by atoms with E-state index in [1.807, 2.05) is 54.6 Å². The number of rotatable bonds is 4. The smallest absolute Gasteiger partial charge is 0.300 e. The minimum absolute atomic E-state index is 0.282. The summed E-state index contributed by atoms with van der Waals surface area (Å²) in [5, 5.41) is 6.20. The minimum atomic E-state index is -0.374. The second kappa shape index (κ2) is 7.50. The molecule has 0 fully saturated rings. The van der Waals surface area contributed by atoms with Crippen LogP contribution >= 0.6 is 11.8 Å². The monoisotopic (exact) mass is 438 g/mol. The maximum absolute atomic E-state index is 12.8. The molecular formula is C22H14N8OS. The van der Waals surface area contributed by atoms with Crippen LogP contribution in [-0.4, -0.2) is 39.5 Å². The Morgan fingerprint density at radius 1 is 0.938 bits per heavy atom. The number of aromatic nitrogens is 8. The van der Waals surface area contributed by atoms with Gasteiger partial charge in [-0.2, -0.15) is 14.6 Å². The van der Waals surface area contributed by atoms with E-state index in [9.17, 15) is 4.79 Å². The first-order valence-electron chi connectivity index (χ1n) is 9.79. The lowest BCUT2D eigenvalue weighted by molar-refractivity contribution is 0.820. The van der Waals surface area contributed by atoms with Crippen LogP contribution in [0, 0.1) is 0 Å². The van der Waals surface area contributed by atoms with Gasteiger partial charge in [0, 0.05) is 10.9 Å². The zero-order chi connectivity index (χ0) is 21.5. The molecule has 0 saturated heterocycles. The Hall–Kier alpha value is -4.18. The number of aromatic amines is 1. The first-order valence-corrected chi connectivity index (χ1v) is 10.8. The third kappa shape index (κ3) is 3.08. The molecule has 0 spiro atoms. The van der Waals surface area contributed by atoms with E-state index < -0.39 is 0 Å². The molecule has 4 heterocycles. The molecule has 4 aromatic heterocycles. The molecule has 0 aliphatic heterocycles. The number of hydrogen-bond donors (Lipinski definition) is 1. The van der Waals surface area contributed by atoms with Crippen molar-refractivity contribution in [2.45, 2.75) is 10.8 Å². The highest BCUT2D eigenvalue weighted by Gasteiger charge is 2.16. The predicted octanol–water partition coefficient (Wildman–Crippen LogP) is 3.26. The summed E-state index contributed by atoms with van der Waals surface area (Å²) in [6.45, 7) is 0.